The molecule has 0 saturated heterocycles. The average Bonchev–Trinajstić information content (AvgIpc) is 2.87. The molecule has 3 rings (SSSR count). The highest BCUT2D eigenvalue weighted by molar-refractivity contribution is 7.92. The Hall–Kier alpha value is -3.72. The minimum absolute atomic E-state index is 0.0731. The lowest BCUT2D eigenvalue weighted by Gasteiger charge is -2.32. The Morgan fingerprint density at radius 2 is 1.49 bits per heavy atom. The Morgan fingerprint density at radius 1 is 0.919 bits per heavy atom. The van der Waals surface area contributed by atoms with Gasteiger partial charge in [-0.2, -0.15) is 0 Å². The van der Waals surface area contributed by atoms with Crippen molar-refractivity contribution < 1.29 is 22.4 Å². The summed E-state index contributed by atoms with van der Waals surface area (Å²) in [6.07, 6.45) is 0. The standard InChI is InChI=1S/C28H32FN3O4S/c1-5-30-28(34)22(4)31(18-23-14-10-20(2)11-15-23)27(33)19-32(26-9-7-6-8-25(26)29)37(35,36)24-16-12-21(3)13-17-24/h6-17,22H,5,18-19H2,1-4H3,(H,30,34). The topological polar surface area (TPSA) is 86.8 Å². The molecule has 7 nitrogen and oxygen atoms in total. The van der Waals surface area contributed by atoms with Crippen LogP contribution in [0.25, 0.3) is 0 Å². The minimum atomic E-state index is -4.31. The van der Waals surface area contributed by atoms with Crippen LogP contribution in [0.3, 0.4) is 0 Å². The summed E-state index contributed by atoms with van der Waals surface area (Å²) in [6, 6.07) is 18.1. The number of sulfonamides is 1. The fourth-order valence-electron chi connectivity index (χ4n) is 3.80. The molecule has 3 aromatic carbocycles. The predicted octanol–water partition coefficient (Wildman–Crippen LogP) is 4.19. The maximum atomic E-state index is 14.9. The van der Waals surface area contributed by atoms with Gasteiger partial charge in [0.05, 0.1) is 10.6 Å². The molecule has 0 saturated carbocycles. The third kappa shape index (κ3) is 6.74. The number of anilines is 1. The molecule has 1 atom stereocenters. The molecule has 37 heavy (non-hydrogen) atoms. The van der Waals surface area contributed by atoms with E-state index in [2.05, 4.69) is 5.32 Å². The van der Waals surface area contributed by atoms with Crippen molar-refractivity contribution in [1.29, 1.82) is 0 Å². The van der Waals surface area contributed by atoms with E-state index in [0.29, 0.717) is 6.54 Å². The van der Waals surface area contributed by atoms with Crippen molar-refractivity contribution in [3.63, 3.8) is 0 Å². The molecule has 9 heteroatoms. The number of nitrogens with one attached hydrogen (secondary N) is 1. The molecule has 0 spiro atoms. The van der Waals surface area contributed by atoms with E-state index in [4.69, 9.17) is 0 Å². The summed E-state index contributed by atoms with van der Waals surface area (Å²) >= 11 is 0. The smallest absolute Gasteiger partial charge is 0.264 e. The van der Waals surface area contributed by atoms with E-state index in [-0.39, 0.29) is 23.0 Å². The minimum Gasteiger partial charge on any atom is -0.355 e. The first-order valence-electron chi connectivity index (χ1n) is 12.0. The molecule has 0 heterocycles. The van der Waals surface area contributed by atoms with Crippen molar-refractivity contribution in [2.24, 2.45) is 0 Å². The second kappa shape index (κ2) is 12.0. The zero-order valence-corrected chi connectivity index (χ0v) is 22.3. The Morgan fingerprint density at radius 3 is 2.05 bits per heavy atom. The van der Waals surface area contributed by atoms with Gasteiger partial charge in [-0.15, -0.1) is 0 Å². The number of carbonyl (C=O) groups is 2. The molecule has 1 unspecified atom stereocenters. The summed E-state index contributed by atoms with van der Waals surface area (Å²) in [6.45, 7) is 6.87. The summed E-state index contributed by atoms with van der Waals surface area (Å²) in [4.78, 5) is 27.6. The zero-order valence-electron chi connectivity index (χ0n) is 21.4. The van der Waals surface area contributed by atoms with Gasteiger partial charge in [0.15, 0.2) is 0 Å². The van der Waals surface area contributed by atoms with E-state index in [9.17, 15) is 22.4 Å². The molecule has 2 amide bonds. The molecular formula is C28H32FN3O4S. The third-order valence-corrected chi connectivity index (χ3v) is 7.77. The number of halogens is 1. The molecule has 0 aromatic heterocycles. The summed E-state index contributed by atoms with van der Waals surface area (Å²) < 4.78 is 43.0. The molecule has 0 fully saturated rings. The molecule has 0 radical (unpaired) electrons. The average molecular weight is 526 g/mol. The van der Waals surface area contributed by atoms with Crippen LogP contribution in [0.5, 0.6) is 0 Å². The van der Waals surface area contributed by atoms with Gasteiger partial charge in [0.2, 0.25) is 11.8 Å². The number of benzene rings is 3. The van der Waals surface area contributed by atoms with Crippen LogP contribution in [0.2, 0.25) is 0 Å². The number of carbonyl (C=O) groups excluding carboxylic acids is 2. The van der Waals surface area contributed by atoms with Crippen molar-refractivity contribution in [2.45, 2.75) is 45.2 Å². The predicted molar refractivity (Wildman–Crippen MR) is 142 cm³/mol. The van der Waals surface area contributed by atoms with E-state index >= 15 is 0 Å². The molecule has 0 aliphatic rings. The Labute approximate surface area is 218 Å². The Bertz CT molecular complexity index is 1340. The van der Waals surface area contributed by atoms with Crippen LogP contribution in [0.15, 0.2) is 77.7 Å². The summed E-state index contributed by atoms with van der Waals surface area (Å²) in [5.74, 6) is -1.80. The van der Waals surface area contributed by atoms with Gasteiger partial charge >= 0.3 is 0 Å². The van der Waals surface area contributed by atoms with E-state index in [1.807, 2.05) is 38.1 Å². The largest absolute Gasteiger partial charge is 0.355 e. The second-order valence-electron chi connectivity index (χ2n) is 8.85. The number of para-hydroxylation sites is 1. The summed E-state index contributed by atoms with van der Waals surface area (Å²) in [7, 11) is -4.31. The summed E-state index contributed by atoms with van der Waals surface area (Å²) in [5, 5.41) is 2.71. The van der Waals surface area contributed by atoms with Crippen LogP contribution in [0, 0.1) is 19.7 Å². The molecular weight excluding hydrogens is 493 g/mol. The fraction of sp³-hybridized carbons (Fsp3) is 0.286. The summed E-state index contributed by atoms with van der Waals surface area (Å²) in [5.41, 5.74) is 2.41. The highest BCUT2D eigenvalue weighted by Gasteiger charge is 2.33. The highest BCUT2D eigenvalue weighted by Crippen LogP contribution is 2.27. The van der Waals surface area contributed by atoms with E-state index in [1.165, 1.54) is 35.2 Å². The number of likely N-dealkylation sites (N-methyl/N-ethyl adjacent to an activating group) is 1. The van der Waals surface area contributed by atoms with Crippen molar-refractivity contribution >= 4 is 27.5 Å². The highest BCUT2D eigenvalue weighted by atomic mass is 32.2. The normalized spacial score (nSPS) is 12.0. The quantitative estimate of drug-likeness (QED) is 0.430. The molecule has 1 N–H and O–H groups in total. The van der Waals surface area contributed by atoms with Crippen LogP contribution in [0.4, 0.5) is 10.1 Å². The van der Waals surface area contributed by atoms with E-state index in [1.54, 1.807) is 26.0 Å². The van der Waals surface area contributed by atoms with Crippen LogP contribution in [-0.4, -0.2) is 44.3 Å². The number of rotatable bonds is 10. The van der Waals surface area contributed by atoms with Crippen molar-refractivity contribution in [3.05, 3.63) is 95.3 Å². The number of nitrogens with zero attached hydrogens (tertiary/aromatic N) is 2. The van der Waals surface area contributed by atoms with Gasteiger partial charge in [0, 0.05) is 13.1 Å². The second-order valence-corrected chi connectivity index (χ2v) is 10.7. The molecule has 0 bridgehead atoms. The van der Waals surface area contributed by atoms with Gasteiger partial charge in [0.1, 0.15) is 18.4 Å². The molecule has 196 valence electrons. The lowest BCUT2D eigenvalue weighted by molar-refractivity contribution is -0.139. The first kappa shape index (κ1) is 27.9. The lowest BCUT2D eigenvalue weighted by Crippen LogP contribution is -2.51. The van der Waals surface area contributed by atoms with Crippen LogP contribution in [0.1, 0.15) is 30.5 Å². The van der Waals surface area contributed by atoms with Crippen molar-refractivity contribution in [2.75, 3.05) is 17.4 Å². The number of hydrogen-bond donors (Lipinski definition) is 1. The van der Waals surface area contributed by atoms with Gasteiger partial charge in [0.25, 0.3) is 10.0 Å². The third-order valence-electron chi connectivity index (χ3n) is 6.00. The van der Waals surface area contributed by atoms with Gasteiger partial charge in [-0.25, -0.2) is 12.8 Å². The first-order chi connectivity index (χ1) is 17.5. The lowest BCUT2D eigenvalue weighted by atomic mass is 10.1. The van der Waals surface area contributed by atoms with Gasteiger partial charge in [-0.3, -0.25) is 13.9 Å². The van der Waals surface area contributed by atoms with Crippen LogP contribution >= 0.6 is 0 Å². The first-order valence-corrected chi connectivity index (χ1v) is 13.4. The Kier molecular flexibility index (Phi) is 9.04. The number of amides is 2. The fourth-order valence-corrected chi connectivity index (χ4v) is 5.22. The van der Waals surface area contributed by atoms with Crippen molar-refractivity contribution in [1.82, 2.24) is 10.2 Å². The SMILES string of the molecule is CCNC(=O)C(C)N(Cc1ccc(C)cc1)C(=O)CN(c1ccccc1F)S(=O)(=O)c1ccc(C)cc1. The maximum absolute atomic E-state index is 14.9. The van der Waals surface area contributed by atoms with Crippen LogP contribution < -0.4 is 9.62 Å². The number of hydrogen-bond acceptors (Lipinski definition) is 4. The van der Waals surface area contributed by atoms with Gasteiger partial charge < -0.3 is 10.2 Å². The molecule has 0 aliphatic heterocycles. The number of aryl methyl sites for hydroxylation is 2. The molecule has 0 aliphatic carbocycles. The maximum Gasteiger partial charge on any atom is 0.264 e. The van der Waals surface area contributed by atoms with E-state index < -0.39 is 34.3 Å². The van der Waals surface area contributed by atoms with Crippen molar-refractivity contribution in [3.8, 4) is 0 Å². The molecule has 3 aromatic rings. The monoisotopic (exact) mass is 525 g/mol. The van der Waals surface area contributed by atoms with Gasteiger partial charge in [-0.1, -0.05) is 59.7 Å². The van der Waals surface area contributed by atoms with Gasteiger partial charge in [-0.05, 0) is 57.5 Å². The van der Waals surface area contributed by atoms with E-state index in [0.717, 1.165) is 27.1 Å². The zero-order chi connectivity index (χ0) is 27.2. The van der Waals surface area contributed by atoms with Crippen LogP contribution in [-0.2, 0) is 26.2 Å². The Balaban J connectivity index is 2.03.